The van der Waals surface area contributed by atoms with Gasteiger partial charge in [0.15, 0.2) is 0 Å². The van der Waals surface area contributed by atoms with Crippen LogP contribution in [-0.2, 0) is 10.0 Å². The van der Waals surface area contributed by atoms with Crippen molar-refractivity contribution in [2.75, 3.05) is 25.6 Å². The van der Waals surface area contributed by atoms with E-state index in [-0.39, 0.29) is 0 Å². The Morgan fingerprint density at radius 2 is 1.93 bits per heavy atom. The van der Waals surface area contributed by atoms with E-state index in [0.29, 0.717) is 28.8 Å². The van der Waals surface area contributed by atoms with Crippen LogP contribution in [0.1, 0.15) is 18.4 Å². The van der Waals surface area contributed by atoms with Gasteiger partial charge in [-0.1, -0.05) is 12.1 Å². The predicted octanol–water partition coefficient (Wildman–Crippen LogP) is 4.05. The molecule has 3 aromatic rings. The SMILES string of the molecule is COc1ccc(C=NNc2nc(-c3cccc(S(=O)(=O)N4CCCC4)c3)cs2)cc1. The highest BCUT2D eigenvalue weighted by atomic mass is 32.2. The van der Waals surface area contributed by atoms with Crippen LogP contribution in [-0.4, -0.2) is 44.1 Å². The highest BCUT2D eigenvalue weighted by Gasteiger charge is 2.27. The maximum atomic E-state index is 12.8. The van der Waals surface area contributed by atoms with Crippen molar-refractivity contribution in [3.05, 3.63) is 59.5 Å². The first kappa shape index (κ1) is 20.5. The molecule has 1 aliphatic heterocycles. The molecule has 156 valence electrons. The molecule has 0 aliphatic carbocycles. The smallest absolute Gasteiger partial charge is 0.243 e. The lowest BCUT2D eigenvalue weighted by Gasteiger charge is -2.15. The van der Waals surface area contributed by atoms with Crippen LogP contribution in [0.4, 0.5) is 5.13 Å². The summed E-state index contributed by atoms with van der Waals surface area (Å²) in [5.74, 6) is 0.790. The topological polar surface area (TPSA) is 83.9 Å². The number of sulfonamides is 1. The molecule has 1 fully saturated rings. The molecule has 1 aromatic heterocycles. The molecule has 0 unspecified atom stereocenters. The fourth-order valence-corrected chi connectivity index (χ4v) is 5.44. The molecule has 0 saturated carbocycles. The molecule has 0 spiro atoms. The molecular weight excluding hydrogens is 420 g/mol. The van der Waals surface area contributed by atoms with Gasteiger partial charge in [0.25, 0.3) is 0 Å². The maximum absolute atomic E-state index is 12.8. The summed E-state index contributed by atoms with van der Waals surface area (Å²) < 4.78 is 32.3. The summed E-state index contributed by atoms with van der Waals surface area (Å²) >= 11 is 1.41. The van der Waals surface area contributed by atoms with Gasteiger partial charge in [-0.25, -0.2) is 13.4 Å². The molecule has 0 radical (unpaired) electrons. The van der Waals surface area contributed by atoms with Crippen LogP contribution in [0.15, 0.2) is 63.9 Å². The van der Waals surface area contributed by atoms with Gasteiger partial charge >= 0.3 is 0 Å². The van der Waals surface area contributed by atoms with Gasteiger partial charge in [0.2, 0.25) is 15.2 Å². The number of ether oxygens (including phenoxy) is 1. The zero-order chi connectivity index (χ0) is 21.0. The van der Waals surface area contributed by atoms with Gasteiger partial charge in [0, 0.05) is 24.0 Å². The zero-order valence-electron chi connectivity index (χ0n) is 16.5. The Balaban J connectivity index is 1.46. The van der Waals surface area contributed by atoms with Crippen molar-refractivity contribution >= 4 is 32.7 Å². The largest absolute Gasteiger partial charge is 0.497 e. The molecule has 1 saturated heterocycles. The number of hydrogen-bond donors (Lipinski definition) is 1. The lowest BCUT2D eigenvalue weighted by atomic mass is 10.2. The fraction of sp³-hybridized carbons (Fsp3) is 0.238. The van der Waals surface area contributed by atoms with Crippen molar-refractivity contribution in [3.63, 3.8) is 0 Å². The summed E-state index contributed by atoms with van der Waals surface area (Å²) in [6.07, 6.45) is 3.53. The first-order valence-electron chi connectivity index (χ1n) is 9.55. The minimum atomic E-state index is -3.45. The normalized spacial score (nSPS) is 15.0. The molecule has 2 heterocycles. The second-order valence-corrected chi connectivity index (χ2v) is 9.62. The zero-order valence-corrected chi connectivity index (χ0v) is 18.1. The third-order valence-corrected chi connectivity index (χ3v) is 7.47. The van der Waals surface area contributed by atoms with Crippen molar-refractivity contribution in [2.24, 2.45) is 5.10 Å². The molecule has 0 bridgehead atoms. The predicted molar refractivity (Wildman–Crippen MR) is 120 cm³/mol. The average Bonchev–Trinajstić information content (AvgIpc) is 3.47. The van der Waals surface area contributed by atoms with E-state index < -0.39 is 10.0 Å². The van der Waals surface area contributed by atoms with Gasteiger partial charge in [-0.05, 0) is 54.8 Å². The van der Waals surface area contributed by atoms with Crippen molar-refractivity contribution in [1.82, 2.24) is 9.29 Å². The number of nitrogens with one attached hydrogen (secondary N) is 1. The van der Waals surface area contributed by atoms with Gasteiger partial charge in [-0.2, -0.15) is 9.41 Å². The highest BCUT2D eigenvalue weighted by molar-refractivity contribution is 7.89. The van der Waals surface area contributed by atoms with Gasteiger partial charge in [0.1, 0.15) is 5.75 Å². The Labute approximate surface area is 180 Å². The van der Waals surface area contributed by atoms with Crippen molar-refractivity contribution in [3.8, 4) is 17.0 Å². The minimum Gasteiger partial charge on any atom is -0.497 e. The molecule has 30 heavy (non-hydrogen) atoms. The van der Waals surface area contributed by atoms with E-state index >= 15 is 0 Å². The van der Waals surface area contributed by atoms with E-state index in [0.717, 1.165) is 29.7 Å². The van der Waals surface area contributed by atoms with E-state index in [1.165, 1.54) is 11.3 Å². The Kier molecular flexibility index (Phi) is 6.12. The summed E-state index contributed by atoms with van der Waals surface area (Å²) in [4.78, 5) is 4.83. The summed E-state index contributed by atoms with van der Waals surface area (Å²) in [7, 11) is -1.82. The lowest BCUT2D eigenvalue weighted by molar-refractivity contribution is 0.415. The molecule has 2 aromatic carbocycles. The van der Waals surface area contributed by atoms with Gasteiger partial charge in [0.05, 0.1) is 23.9 Å². The molecule has 9 heteroatoms. The van der Waals surface area contributed by atoms with Crippen molar-refractivity contribution in [2.45, 2.75) is 17.7 Å². The quantitative estimate of drug-likeness (QED) is 0.441. The molecule has 1 aliphatic rings. The van der Waals surface area contributed by atoms with Gasteiger partial charge in [-0.15, -0.1) is 11.3 Å². The van der Waals surface area contributed by atoms with Crippen LogP contribution in [0, 0.1) is 0 Å². The van der Waals surface area contributed by atoms with Crippen LogP contribution in [0.3, 0.4) is 0 Å². The Hall–Kier alpha value is -2.75. The third-order valence-electron chi connectivity index (χ3n) is 4.83. The minimum absolute atomic E-state index is 0.307. The van der Waals surface area contributed by atoms with Crippen LogP contribution >= 0.6 is 11.3 Å². The van der Waals surface area contributed by atoms with E-state index in [2.05, 4.69) is 15.5 Å². The Bertz CT molecular complexity index is 1140. The van der Waals surface area contributed by atoms with E-state index in [4.69, 9.17) is 4.74 Å². The number of aromatic nitrogens is 1. The van der Waals surface area contributed by atoms with E-state index in [1.807, 2.05) is 35.7 Å². The third kappa shape index (κ3) is 4.53. The lowest BCUT2D eigenvalue weighted by Crippen LogP contribution is -2.27. The van der Waals surface area contributed by atoms with E-state index in [1.54, 1.807) is 35.8 Å². The number of anilines is 1. The maximum Gasteiger partial charge on any atom is 0.243 e. The summed E-state index contributed by atoms with van der Waals surface area (Å²) in [6.45, 7) is 1.17. The molecule has 7 nitrogen and oxygen atoms in total. The number of hydrazone groups is 1. The number of thiazole rings is 1. The van der Waals surface area contributed by atoms with Gasteiger partial charge < -0.3 is 4.74 Å². The van der Waals surface area contributed by atoms with Crippen LogP contribution < -0.4 is 10.2 Å². The van der Waals surface area contributed by atoms with Crippen LogP contribution in [0.2, 0.25) is 0 Å². The first-order valence-corrected chi connectivity index (χ1v) is 11.9. The first-order chi connectivity index (χ1) is 14.6. The average molecular weight is 443 g/mol. The standard InChI is InChI=1S/C21H22N4O3S2/c1-28-18-9-7-16(8-10-18)14-22-24-21-23-20(15-29-21)17-5-4-6-19(13-17)30(26,27)25-11-2-3-12-25/h4-10,13-15H,2-3,11-12H2,1H3,(H,23,24). The Morgan fingerprint density at radius 3 is 2.67 bits per heavy atom. The number of benzene rings is 2. The number of rotatable bonds is 7. The number of methoxy groups -OCH3 is 1. The summed E-state index contributed by atoms with van der Waals surface area (Å²) in [6, 6.07) is 14.5. The molecule has 1 N–H and O–H groups in total. The van der Waals surface area contributed by atoms with Crippen LogP contribution in [0.5, 0.6) is 5.75 Å². The summed E-state index contributed by atoms with van der Waals surface area (Å²) in [5.41, 5.74) is 5.32. The molecule has 4 rings (SSSR count). The monoisotopic (exact) mass is 442 g/mol. The Morgan fingerprint density at radius 1 is 1.17 bits per heavy atom. The number of nitrogens with zero attached hydrogens (tertiary/aromatic N) is 3. The second kappa shape index (κ2) is 8.95. The van der Waals surface area contributed by atoms with Crippen molar-refractivity contribution in [1.29, 1.82) is 0 Å². The number of hydrogen-bond acceptors (Lipinski definition) is 7. The summed E-state index contributed by atoms with van der Waals surface area (Å²) in [5, 5.41) is 6.72. The molecular formula is C21H22N4O3S2. The van der Waals surface area contributed by atoms with Crippen molar-refractivity contribution < 1.29 is 13.2 Å². The highest BCUT2D eigenvalue weighted by Crippen LogP contribution is 2.28. The molecule has 0 amide bonds. The second-order valence-electron chi connectivity index (χ2n) is 6.82. The van der Waals surface area contributed by atoms with Gasteiger partial charge in [-0.3, -0.25) is 5.43 Å². The van der Waals surface area contributed by atoms with Crippen LogP contribution in [0.25, 0.3) is 11.3 Å². The molecule has 0 atom stereocenters. The van der Waals surface area contributed by atoms with E-state index in [9.17, 15) is 8.42 Å². The fourth-order valence-electron chi connectivity index (χ4n) is 3.20.